The van der Waals surface area contributed by atoms with Crippen molar-refractivity contribution in [2.24, 2.45) is 0 Å². The van der Waals surface area contributed by atoms with Crippen molar-refractivity contribution in [1.82, 2.24) is 9.55 Å². The first kappa shape index (κ1) is 13.1. The second-order valence-electron chi connectivity index (χ2n) is 4.88. The number of hydrogen-bond acceptors (Lipinski definition) is 3. The van der Waals surface area contributed by atoms with Crippen LogP contribution in [0.2, 0.25) is 0 Å². The van der Waals surface area contributed by atoms with Gasteiger partial charge in [0.15, 0.2) is 5.82 Å². The summed E-state index contributed by atoms with van der Waals surface area (Å²) in [4.78, 5) is 5.61. The molecule has 0 saturated carbocycles. The van der Waals surface area contributed by atoms with Gasteiger partial charge in [0.05, 0.1) is 21.6 Å². The van der Waals surface area contributed by atoms with Crippen molar-refractivity contribution in [3.05, 3.63) is 35.0 Å². The molecular formula is C15H16FN3S. The SMILES string of the molecule is CCCn1c(-c2scc(C)c2N)nc2ccc(F)cc21. The molecule has 0 unspecified atom stereocenters. The molecule has 2 N–H and O–H groups in total. The molecule has 5 heteroatoms. The van der Waals surface area contributed by atoms with Crippen molar-refractivity contribution in [2.45, 2.75) is 26.8 Å². The molecule has 0 amide bonds. The molecule has 0 atom stereocenters. The third-order valence-electron chi connectivity index (χ3n) is 3.38. The fraction of sp³-hybridized carbons (Fsp3) is 0.267. The Hall–Kier alpha value is -1.88. The number of rotatable bonds is 3. The number of thiophene rings is 1. The van der Waals surface area contributed by atoms with Crippen LogP contribution in [0.4, 0.5) is 10.1 Å². The highest BCUT2D eigenvalue weighted by Gasteiger charge is 2.17. The molecule has 0 fully saturated rings. The molecule has 0 spiro atoms. The van der Waals surface area contributed by atoms with Gasteiger partial charge in [0.1, 0.15) is 5.82 Å². The Morgan fingerprint density at radius 3 is 2.85 bits per heavy atom. The summed E-state index contributed by atoms with van der Waals surface area (Å²) < 4.78 is 15.5. The molecule has 3 aromatic rings. The molecule has 2 aromatic heterocycles. The number of benzene rings is 1. The minimum atomic E-state index is -0.239. The van der Waals surface area contributed by atoms with E-state index in [1.54, 1.807) is 17.4 Å². The van der Waals surface area contributed by atoms with Crippen LogP contribution in [0.5, 0.6) is 0 Å². The zero-order valence-electron chi connectivity index (χ0n) is 11.5. The Bertz CT molecular complexity index is 773. The van der Waals surface area contributed by atoms with E-state index in [0.29, 0.717) is 0 Å². The lowest BCUT2D eigenvalue weighted by Gasteiger charge is -2.07. The first-order chi connectivity index (χ1) is 9.61. The number of aromatic nitrogens is 2. The van der Waals surface area contributed by atoms with Crippen LogP contribution in [-0.2, 0) is 6.54 Å². The van der Waals surface area contributed by atoms with Crippen LogP contribution >= 0.6 is 11.3 Å². The zero-order chi connectivity index (χ0) is 14.3. The standard InChI is InChI=1S/C15H16FN3S/c1-3-6-19-12-7-10(16)4-5-11(12)18-15(19)14-13(17)9(2)8-20-14/h4-5,7-8H,3,6,17H2,1-2H3. The summed E-state index contributed by atoms with van der Waals surface area (Å²) >= 11 is 1.59. The van der Waals surface area contributed by atoms with Crippen LogP contribution in [0.3, 0.4) is 0 Å². The zero-order valence-corrected chi connectivity index (χ0v) is 12.3. The Morgan fingerprint density at radius 1 is 1.40 bits per heavy atom. The van der Waals surface area contributed by atoms with Gasteiger partial charge in [-0.25, -0.2) is 9.37 Å². The maximum Gasteiger partial charge on any atom is 0.153 e. The average Bonchev–Trinajstić information content (AvgIpc) is 2.93. The van der Waals surface area contributed by atoms with E-state index in [1.165, 1.54) is 12.1 Å². The maximum atomic E-state index is 13.5. The average molecular weight is 289 g/mol. The third-order valence-corrected chi connectivity index (χ3v) is 4.49. The van der Waals surface area contributed by atoms with Gasteiger partial charge in [0, 0.05) is 6.54 Å². The highest BCUT2D eigenvalue weighted by Crippen LogP contribution is 2.36. The summed E-state index contributed by atoms with van der Waals surface area (Å²) in [7, 11) is 0. The second-order valence-corrected chi connectivity index (χ2v) is 5.76. The normalized spacial score (nSPS) is 11.3. The lowest BCUT2D eigenvalue weighted by Crippen LogP contribution is -2.00. The van der Waals surface area contributed by atoms with Crippen molar-refractivity contribution in [2.75, 3.05) is 5.73 Å². The molecule has 1 aromatic carbocycles. The maximum absolute atomic E-state index is 13.5. The number of hydrogen-bond donors (Lipinski definition) is 1. The van der Waals surface area contributed by atoms with E-state index in [4.69, 9.17) is 5.73 Å². The Balaban J connectivity index is 2.29. The minimum Gasteiger partial charge on any atom is -0.397 e. The van der Waals surface area contributed by atoms with Gasteiger partial charge in [-0.15, -0.1) is 11.3 Å². The Morgan fingerprint density at radius 2 is 2.20 bits per heavy atom. The van der Waals surface area contributed by atoms with Crippen LogP contribution < -0.4 is 5.73 Å². The predicted octanol–water partition coefficient (Wildman–Crippen LogP) is 4.20. The number of nitrogens with zero attached hydrogens (tertiary/aromatic N) is 2. The molecular weight excluding hydrogens is 273 g/mol. The van der Waals surface area contributed by atoms with Crippen LogP contribution in [0.1, 0.15) is 18.9 Å². The van der Waals surface area contributed by atoms with Crippen LogP contribution in [0.25, 0.3) is 21.7 Å². The summed E-state index contributed by atoms with van der Waals surface area (Å²) in [6, 6.07) is 4.70. The van der Waals surface area contributed by atoms with Gasteiger partial charge < -0.3 is 10.3 Å². The Kier molecular flexibility index (Phi) is 3.22. The van der Waals surface area contributed by atoms with Crippen molar-refractivity contribution < 1.29 is 4.39 Å². The minimum absolute atomic E-state index is 0.239. The van der Waals surface area contributed by atoms with E-state index >= 15 is 0 Å². The van der Waals surface area contributed by atoms with Gasteiger partial charge in [-0.3, -0.25) is 0 Å². The van der Waals surface area contributed by atoms with E-state index in [0.717, 1.165) is 46.0 Å². The van der Waals surface area contributed by atoms with Gasteiger partial charge in [0.25, 0.3) is 0 Å². The first-order valence-electron chi connectivity index (χ1n) is 6.61. The molecule has 0 aliphatic carbocycles. The quantitative estimate of drug-likeness (QED) is 0.785. The number of halogens is 1. The number of anilines is 1. The van der Waals surface area contributed by atoms with Crippen LogP contribution in [0.15, 0.2) is 23.6 Å². The van der Waals surface area contributed by atoms with Gasteiger partial charge in [0.2, 0.25) is 0 Å². The van der Waals surface area contributed by atoms with Gasteiger partial charge in [-0.2, -0.15) is 0 Å². The molecule has 2 heterocycles. The second kappa shape index (κ2) is 4.90. The number of fused-ring (bicyclic) bond motifs is 1. The predicted molar refractivity (Wildman–Crippen MR) is 82.4 cm³/mol. The number of nitrogen functional groups attached to an aromatic ring is 1. The monoisotopic (exact) mass is 289 g/mol. The molecule has 0 saturated heterocycles. The molecule has 3 rings (SSSR count). The first-order valence-corrected chi connectivity index (χ1v) is 7.49. The van der Waals surface area contributed by atoms with Gasteiger partial charge in [-0.05, 0) is 42.5 Å². The van der Waals surface area contributed by atoms with Crippen LogP contribution in [-0.4, -0.2) is 9.55 Å². The van der Waals surface area contributed by atoms with Gasteiger partial charge in [-0.1, -0.05) is 6.92 Å². The molecule has 3 nitrogen and oxygen atoms in total. The Labute approximate surface area is 120 Å². The molecule has 0 bridgehead atoms. The highest BCUT2D eigenvalue weighted by atomic mass is 32.1. The molecule has 0 aliphatic heterocycles. The molecule has 20 heavy (non-hydrogen) atoms. The van der Waals surface area contributed by atoms with Crippen molar-refractivity contribution >= 4 is 28.1 Å². The van der Waals surface area contributed by atoms with Crippen molar-refractivity contribution in [1.29, 1.82) is 0 Å². The van der Waals surface area contributed by atoms with E-state index in [2.05, 4.69) is 16.5 Å². The summed E-state index contributed by atoms with van der Waals surface area (Å²) in [5, 5.41) is 2.03. The molecule has 0 aliphatic rings. The molecule has 0 radical (unpaired) electrons. The number of aryl methyl sites for hydroxylation is 2. The smallest absolute Gasteiger partial charge is 0.153 e. The largest absolute Gasteiger partial charge is 0.397 e. The summed E-state index contributed by atoms with van der Waals surface area (Å²) in [6.45, 7) is 4.88. The number of nitrogens with two attached hydrogens (primary N) is 1. The van der Waals surface area contributed by atoms with Crippen LogP contribution in [0, 0.1) is 12.7 Å². The third kappa shape index (κ3) is 1.98. The lowest BCUT2D eigenvalue weighted by molar-refractivity contribution is 0.627. The van der Waals surface area contributed by atoms with Crippen molar-refractivity contribution in [3.63, 3.8) is 0 Å². The summed E-state index contributed by atoms with van der Waals surface area (Å²) in [5.74, 6) is 0.597. The number of imidazole rings is 1. The van der Waals surface area contributed by atoms with E-state index in [-0.39, 0.29) is 5.82 Å². The summed E-state index contributed by atoms with van der Waals surface area (Å²) in [6.07, 6.45) is 0.958. The van der Waals surface area contributed by atoms with E-state index in [9.17, 15) is 4.39 Å². The topological polar surface area (TPSA) is 43.8 Å². The lowest BCUT2D eigenvalue weighted by atomic mass is 10.2. The van der Waals surface area contributed by atoms with Crippen molar-refractivity contribution in [3.8, 4) is 10.7 Å². The summed E-state index contributed by atoms with van der Waals surface area (Å²) in [5.41, 5.74) is 9.59. The fourth-order valence-electron chi connectivity index (χ4n) is 2.35. The highest BCUT2D eigenvalue weighted by molar-refractivity contribution is 7.14. The van der Waals surface area contributed by atoms with Gasteiger partial charge >= 0.3 is 0 Å². The van der Waals surface area contributed by atoms with E-state index < -0.39 is 0 Å². The molecule has 104 valence electrons. The fourth-order valence-corrected chi connectivity index (χ4v) is 3.32. The van der Waals surface area contributed by atoms with E-state index in [1.807, 2.05) is 12.3 Å².